The predicted octanol–water partition coefficient (Wildman–Crippen LogP) is -3.05. The molecule has 100 valence electrons. The SMILES string of the molecule is NC(=O)c1cnc(C2OCC(N)(O)C(O)C2O)[nH]1. The number of nitrogens with one attached hydrogen (secondary N) is 1. The molecule has 0 bridgehead atoms. The number of carbonyl (C=O) groups excluding carboxylic acids is 1. The molecule has 1 fully saturated rings. The van der Waals surface area contributed by atoms with Crippen molar-refractivity contribution in [1.29, 1.82) is 0 Å². The van der Waals surface area contributed by atoms with E-state index in [1.54, 1.807) is 0 Å². The van der Waals surface area contributed by atoms with E-state index in [9.17, 15) is 20.1 Å². The molecule has 4 atom stereocenters. The highest BCUT2D eigenvalue weighted by molar-refractivity contribution is 5.90. The summed E-state index contributed by atoms with van der Waals surface area (Å²) in [4.78, 5) is 17.3. The summed E-state index contributed by atoms with van der Waals surface area (Å²) >= 11 is 0. The Hall–Kier alpha value is -1.52. The maximum Gasteiger partial charge on any atom is 0.266 e. The zero-order valence-electron chi connectivity index (χ0n) is 9.28. The fourth-order valence-electron chi connectivity index (χ4n) is 1.72. The second kappa shape index (κ2) is 4.30. The number of primary amides is 1. The van der Waals surface area contributed by atoms with Crippen molar-refractivity contribution in [3.05, 3.63) is 17.7 Å². The number of ether oxygens (including phenoxy) is 1. The Morgan fingerprint density at radius 3 is 2.83 bits per heavy atom. The van der Waals surface area contributed by atoms with E-state index in [0.717, 1.165) is 0 Å². The van der Waals surface area contributed by atoms with Gasteiger partial charge in [0.25, 0.3) is 5.91 Å². The smallest absolute Gasteiger partial charge is 0.266 e. The number of carbonyl (C=O) groups is 1. The van der Waals surface area contributed by atoms with Gasteiger partial charge in [0.2, 0.25) is 0 Å². The number of nitrogens with zero attached hydrogens (tertiary/aromatic N) is 1. The van der Waals surface area contributed by atoms with Crippen molar-refractivity contribution in [2.24, 2.45) is 11.5 Å². The number of amides is 1. The summed E-state index contributed by atoms with van der Waals surface area (Å²) in [6, 6.07) is 0. The molecule has 2 heterocycles. The first-order chi connectivity index (χ1) is 8.33. The minimum Gasteiger partial charge on any atom is -0.387 e. The Morgan fingerprint density at radius 1 is 1.61 bits per heavy atom. The lowest BCUT2D eigenvalue weighted by molar-refractivity contribution is -0.236. The first kappa shape index (κ1) is 12.9. The molecule has 1 aromatic rings. The van der Waals surface area contributed by atoms with Gasteiger partial charge in [-0.15, -0.1) is 0 Å². The van der Waals surface area contributed by atoms with Gasteiger partial charge < -0.3 is 30.8 Å². The summed E-state index contributed by atoms with van der Waals surface area (Å²) in [5, 5.41) is 28.9. The largest absolute Gasteiger partial charge is 0.387 e. The summed E-state index contributed by atoms with van der Waals surface area (Å²) in [6.07, 6.45) is -2.93. The Bertz CT molecular complexity index is 460. The van der Waals surface area contributed by atoms with Crippen molar-refractivity contribution in [1.82, 2.24) is 9.97 Å². The van der Waals surface area contributed by atoms with Crippen LogP contribution in [0.2, 0.25) is 0 Å². The van der Waals surface area contributed by atoms with Crippen LogP contribution in [0.1, 0.15) is 22.4 Å². The molecule has 1 amide bonds. The summed E-state index contributed by atoms with van der Waals surface area (Å²) < 4.78 is 5.12. The highest BCUT2D eigenvalue weighted by Crippen LogP contribution is 2.29. The van der Waals surface area contributed by atoms with Crippen LogP contribution in [-0.2, 0) is 4.74 Å². The average molecular weight is 258 g/mol. The number of imidazole rings is 1. The monoisotopic (exact) mass is 258 g/mol. The van der Waals surface area contributed by atoms with E-state index in [2.05, 4.69) is 9.97 Å². The van der Waals surface area contributed by atoms with Crippen molar-refractivity contribution in [3.8, 4) is 0 Å². The quantitative estimate of drug-likeness (QED) is 0.306. The molecular formula is C9H14N4O5. The van der Waals surface area contributed by atoms with Gasteiger partial charge in [-0.1, -0.05) is 0 Å². The first-order valence-corrected chi connectivity index (χ1v) is 5.16. The fraction of sp³-hybridized carbons (Fsp3) is 0.556. The number of aromatic nitrogens is 2. The number of hydrogen-bond donors (Lipinski definition) is 6. The van der Waals surface area contributed by atoms with E-state index in [1.807, 2.05) is 0 Å². The van der Waals surface area contributed by atoms with Crippen LogP contribution in [0.4, 0.5) is 0 Å². The molecule has 9 heteroatoms. The molecule has 18 heavy (non-hydrogen) atoms. The highest BCUT2D eigenvalue weighted by atomic mass is 16.5. The number of aliphatic hydroxyl groups is 3. The van der Waals surface area contributed by atoms with Crippen molar-refractivity contribution in [3.63, 3.8) is 0 Å². The van der Waals surface area contributed by atoms with Crippen molar-refractivity contribution < 1.29 is 24.9 Å². The topological polar surface area (TPSA) is 168 Å². The third kappa shape index (κ3) is 2.09. The maximum atomic E-state index is 10.9. The van der Waals surface area contributed by atoms with Gasteiger partial charge in [0.1, 0.15) is 29.8 Å². The van der Waals surface area contributed by atoms with Crippen LogP contribution in [0.25, 0.3) is 0 Å². The van der Waals surface area contributed by atoms with Crippen LogP contribution in [0.5, 0.6) is 0 Å². The number of rotatable bonds is 2. The van der Waals surface area contributed by atoms with Crippen LogP contribution in [0, 0.1) is 0 Å². The fourth-order valence-corrected chi connectivity index (χ4v) is 1.72. The standard InChI is InChI=1S/C9H14N4O5/c10-7(16)3-1-12-8(13-3)5-4(14)6(15)9(11,17)2-18-5/h1,4-6,14-15,17H,2,11H2,(H2,10,16)(H,12,13). The van der Waals surface area contributed by atoms with Crippen molar-refractivity contribution >= 4 is 5.91 Å². The lowest BCUT2D eigenvalue weighted by atomic mass is 9.95. The van der Waals surface area contributed by atoms with Gasteiger partial charge in [0.15, 0.2) is 5.72 Å². The molecule has 0 saturated carbocycles. The third-order valence-electron chi connectivity index (χ3n) is 2.77. The second-order valence-electron chi connectivity index (χ2n) is 4.20. The van der Waals surface area contributed by atoms with Crippen LogP contribution < -0.4 is 11.5 Å². The third-order valence-corrected chi connectivity index (χ3v) is 2.77. The van der Waals surface area contributed by atoms with Gasteiger partial charge in [-0.05, 0) is 0 Å². The first-order valence-electron chi connectivity index (χ1n) is 5.16. The van der Waals surface area contributed by atoms with E-state index in [0.29, 0.717) is 0 Å². The molecule has 9 nitrogen and oxygen atoms in total. The lowest BCUT2D eigenvalue weighted by Crippen LogP contribution is -2.64. The summed E-state index contributed by atoms with van der Waals surface area (Å²) in [5.74, 6) is -0.597. The second-order valence-corrected chi connectivity index (χ2v) is 4.20. The molecule has 1 aliphatic rings. The summed E-state index contributed by atoms with van der Waals surface area (Å²) in [5.41, 5.74) is 8.37. The predicted molar refractivity (Wildman–Crippen MR) is 56.9 cm³/mol. The molecule has 0 spiro atoms. The number of H-pyrrole nitrogens is 1. The van der Waals surface area contributed by atoms with E-state index in [-0.39, 0.29) is 18.1 Å². The van der Waals surface area contributed by atoms with Crippen LogP contribution in [0.3, 0.4) is 0 Å². The maximum absolute atomic E-state index is 10.9. The van der Waals surface area contributed by atoms with Crippen molar-refractivity contribution in [2.45, 2.75) is 24.0 Å². The summed E-state index contributed by atoms with van der Waals surface area (Å²) in [6.45, 7) is -0.386. The van der Waals surface area contributed by atoms with E-state index in [4.69, 9.17) is 16.2 Å². The molecule has 1 saturated heterocycles. The van der Waals surface area contributed by atoms with Gasteiger partial charge in [-0.25, -0.2) is 4.98 Å². The molecule has 0 aliphatic carbocycles. The zero-order valence-corrected chi connectivity index (χ0v) is 9.28. The molecule has 1 aliphatic heterocycles. The molecule has 8 N–H and O–H groups in total. The van der Waals surface area contributed by atoms with E-state index >= 15 is 0 Å². The highest BCUT2D eigenvalue weighted by Gasteiger charge is 2.47. The molecule has 0 aromatic carbocycles. The Kier molecular flexibility index (Phi) is 3.09. The van der Waals surface area contributed by atoms with Gasteiger partial charge in [-0.2, -0.15) is 0 Å². The van der Waals surface area contributed by atoms with Gasteiger partial charge >= 0.3 is 0 Å². The Morgan fingerprint density at radius 2 is 2.28 bits per heavy atom. The normalized spacial score (nSPS) is 36.6. The van der Waals surface area contributed by atoms with E-state index < -0.39 is 29.9 Å². The van der Waals surface area contributed by atoms with E-state index in [1.165, 1.54) is 6.20 Å². The average Bonchev–Trinajstić information content (AvgIpc) is 2.75. The Balaban J connectivity index is 2.21. The van der Waals surface area contributed by atoms with Crippen LogP contribution >= 0.6 is 0 Å². The summed E-state index contributed by atoms with van der Waals surface area (Å²) in [7, 11) is 0. The zero-order chi connectivity index (χ0) is 13.5. The number of hydrogen-bond acceptors (Lipinski definition) is 7. The van der Waals surface area contributed by atoms with Crippen molar-refractivity contribution in [2.75, 3.05) is 6.61 Å². The van der Waals surface area contributed by atoms with Gasteiger partial charge in [0, 0.05) is 0 Å². The number of aliphatic hydroxyl groups excluding tert-OH is 2. The minimum absolute atomic E-state index is 0.0453. The minimum atomic E-state index is -2.03. The van der Waals surface area contributed by atoms with Gasteiger partial charge in [-0.3, -0.25) is 10.5 Å². The molecule has 1 aromatic heterocycles. The van der Waals surface area contributed by atoms with Crippen LogP contribution in [0.15, 0.2) is 6.20 Å². The molecule has 2 rings (SSSR count). The number of aromatic amines is 1. The van der Waals surface area contributed by atoms with Crippen LogP contribution in [-0.4, -0.2) is 55.7 Å². The Labute approximate surface area is 101 Å². The molecular weight excluding hydrogens is 244 g/mol. The number of nitrogens with two attached hydrogens (primary N) is 2. The molecule has 4 unspecified atom stereocenters. The molecule has 0 radical (unpaired) electrons. The van der Waals surface area contributed by atoms with Gasteiger partial charge in [0.05, 0.1) is 12.8 Å². The lowest BCUT2D eigenvalue weighted by Gasteiger charge is -2.40.